The van der Waals surface area contributed by atoms with E-state index < -0.39 is 0 Å². The summed E-state index contributed by atoms with van der Waals surface area (Å²) in [6.07, 6.45) is 5.76. The number of halogens is 2. The summed E-state index contributed by atoms with van der Waals surface area (Å²) in [6.45, 7) is 2.14. The maximum absolute atomic E-state index is 3.76. The second-order valence-electron chi connectivity index (χ2n) is 6.08. The van der Waals surface area contributed by atoms with Crippen molar-refractivity contribution in [3.8, 4) is 0 Å². The molecular weight excluding hydrogens is 366 g/mol. The molecule has 1 nitrogen and oxygen atoms in total. The van der Waals surface area contributed by atoms with Gasteiger partial charge in [0.05, 0.1) is 0 Å². The molecule has 3 rings (SSSR count). The van der Waals surface area contributed by atoms with Crippen LogP contribution in [0.4, 0.5) is 0 Å². The predicted molar refractivity (Wildman–Crippen MR) is 87.3 cm³/mol. The number of rotatable bonds is 3. The van der Waals surface area contributed by atoms with E-state index in [1.807, 2.05) is 0 Å². The van der Waals surface area contributed by atoms with Gasteiger partial charge in [-0.05, 0) is 67.8 Å². The average Bonchev–Trinajstić information content (AvgIpc) is 3.11. The lowest BCUT2D eigenvalue weighted by molar-refractivity contribution is 0.480. The van der Waals surface area contributed by atoms with Crippen LogP contribution in [0.5, 0.6) is 0 Å². The van der Waals surface area contributed by atoms with Gasteiger partial charge in [-0.3, -0.25) is 0 Å². The van der Waals surface area contributed by atoms with E-state index in [2.05, 4.69) is 63.3 Å². The molecule has 0 amide bonds. The van der Waals surface area contributed by atoms with Gasteiger partial charge in [0.25, 0.3) is 0 Å². The lowest BCUT2D eigenvalue weighted by Gasteiger charge is -2.20. The normalized spacial score (nSPS) is 30.8. The van der Waals surface area contributed by atoms with Gasteiger partial charge in [0.1, 0.15) is 0 Å². The van der Waals surface area contributed by atoms with Gasteiger partial charge in [-0.2, -0.15) is 0 Å². The predicted octanol–water partition coefficient (Wildman–Crippen LogP) is 5.22. The number of benzene rings is 1. The van der Waals surface area contributed by atoms with Crippen LogP contribution in [0.25, 0.3) is 0 Å². The number of nitrogens with one attached hydrogen (secondary N) is 1. The highest BCUT2D eigenvalue weighted by Gasteiger charge is 2.54. The Labute approximate surface area is 132 Å². The standard InChI is InChI=1S/C16H21Br2N/c1-9-7-14(18)12(8-13(9)17)16(19-2)15-10-5-3-4-6-11(10)15/h7-8,10-11,15-16,19H,3-6H2,1-2H3. The molecule has 3 atom stereocenters. The quantitative estimate of drug-likeness (QED) is 0.751. The highest BCUT2D eigenvalue weighted by molar-refractivity contribution is 9.11. The molecule has 1 aromatic carbocycles. The highest BCUT2D eigenvalue weighted by atomic mass is 79.9. The molecular formula is C16H21Br2N. The number of hydrogen-bond acceptors (Lipinski definition) is 1. The molecule has 0 spiro atoms. The van der Waals surface area contributed by atoms with Gasteiger partial charge in [0.2, 0.25) is 0 Å². The number of fused-ring (bicyclic) bond motifs is 1. The van der Waals surface area contributed by atoms with Gasteiger partial charge < -0.3 is 5.32 Å². The molecule has 0 bridgehead atoms. The van der Waals surface area contributed by atoms with E-state index in [9.17, 15) is 0 Å². The van der Waals surface area contributed by atoms with Crippen molar-refractivity contribution in [2.45, 2.75) is 38.6 Å². The highest BCUT2D eigenvalue weighted by Crippen LogP contribution is 2.60. The Morgan fingerprint density at radius 1 is 1.11 bits per heavy atom. The van der Waals surface area contributed by atoms with Crippen LogP contribution < -0.4 is 5.32 Å². The van der Waals surface area contributed by atoms with Crippen molar-refractivity contribution in [1.29, 1.82) is 0 Å². The summed E-state index contributed by atoms with van der Waals surface area (Å²) in [4.78, 5) is 0. The summed E-state index contributed by atoms with van der Waals surface area (Å²) in [5, 5.41) is 3.57. The zero-order chi connectivity index (χ0) is 13.6. The van der Waals surface area contributed by atoms with Crippen LogP contribution in [0.3, 0.4) is 0 Å². The van der Waals surface area contributed by atoms with E-state index in [-0.39, 0.29) is 0 Å². The summed E-state index contributed by atoms with van der Waals surface area (Å²) in [5.74, 6) is 2.79. The third kappa shape index (κ3) is 2.54. The first-order chi connectivity index (χ1) is 9.13. The van der Waals surface area contributed by atoms with Crippen LogP contribution in [-0.4, -0.2) is 7.05 Å². The van der Waals surface area contributed by atoms with E-state index in [1.54, 1.807) is 0 Å². The molecule has 0 saturated heterocycles. The minimum Gasteiger partial charge on any atom is -0.313 e. The molecule has 1 N–H and O–H groups in total. The molecule has 3 heteroatoms. The summed E-state index contributed by atoms with van der Waals surface area (Å²) < 4.78 is 2.46. The van der Waals surface area contributed by atoms with E-state index in [4.69, 9.17) is 0 Å². The van der Waals surface area contributed by atoms with Gasteiger partial charge in [-0.1, -0.05) is 44.7 Å². The van der Waals surface area contributed by atoms with Crippen molar-refractivity contribution in [1.82, 2.24) is 5.32 Å². The Kier molecular flexibility index (Phi) is 4.08. The van der Waals surface area contributed by atoms with E-state index in [0.717, 1.165) is 17.8 Å². The Hall–Kier alpha value is 0.140. The van der Waals surface area contributed by atoms with Crippen molar-refractivity contribution >= 4 is 31.9 Å². The summed E-state index contributed by atoms with van der Waals surface area (Å²) in [6, 6.07) is 5.03. The molecule has 104 valence electrons. The van der Waals surface area contributed by atoms with E-state index in [1.165, 1.54) is 45.8 Å². The lowest BCUT2D eigenvalue weighted by atomic mass is 9.99. The molecule has 19 heavy (non-hydrogen) atoms. The van der Waals surface area contributed by atoms with E-state index in [0.29, 0.717) is 6.04 Å². The molecule has 0 radical (unpaired) electrons. The monoisotopic (exact) mass is 385 g/mol. The molecule has 3 unspecified atom stereocenters. The zero-order valence-corrected chi connectivity index (χ0v) is 14.7. The molecule has 0 heterocycles. The average molecular weight is 387 g/mol. The second-order valence-corrected chi connectivity index (χ2v) is 7.79. The maximum Gasteiger partial charge on any atom is 0.0363 e. The lowest BCUT2D eigenvalue weighted by Crippen LogP contribution is -2.20. The molecule has 0 aromatic heterocycles. The first kappa shape index (κ1) is 14.1. The maximum atomic E-state index is 3.76. The Morgan fingerprint density at radius 2 is 1.74 bits per heavy atom. The van der Waals surface area contributed by atoms with Crippen LogP contribution in [0.15, 0.2) is 21.1 Å². The van der Waals surface area contributed by atoms with Crippen LogP contribution in [0.2, 0.25) is 0 Å². The van der Waals surface area contributed by atoms with Crippen molar-refractivity contribution in [2.24, 2.45) is 17.8 Å². The van der Waals surface area contributed by atoms with Gasteiger partial charge in [-0.15, -0.1) is 0 Å². The van der Waals surface area contributed by atoms with Crippen molar-refractivity contribution in [3.05, 3.63) is 32.2 Å². The van der Waals surface area contributed by atoms with Gasteiger partial charge in [0.15, 0.2) is 0 Å². The van der Waals surface area contributed by atoms with E-state index >= 15 is 0 Å². The molecule has 1 aromatic rings. The Bertz CT molecular complexity index is 474. The van der Waals surface area contributed by atoms with Crippen molar-refractivity contribution in [3.63, 3.8) is 0 Å². The van der Waals surface area contributed by atoms with Crippen LogP contribution in [-0.2, 0) is 0 Å². The summed E-state index contributed by atoms with van der Waals surface area (Å²) in [7, 11) is 2.11. The summed E-state index contributed by atoms with van der Waals surface area (Å²) >= 11 is 7.43. The topological polar surface area (TPSA) is 12.0 Å². The first-order valence-electron chi connectivity index (χ1n) is 7.26. The minimum atomic E-state index is 0.499. The molecule has 2 saturated carbocycles. The molecule has 2 aliphatic rings. The number of hydrogen-bond donors (Lipinski definition) is 1. The number of aryl methyl sites for hydroxylation is 1. The smallest absolute Gasteiger partial charge is 0.0363 e. The van der Waals surface area contributed by atoms with Crippen LogP contribution in [0.1, 0.15) is 42.9 Å². The summed E-state index contributed by atoms with van der Waals surface area (Å²) in [5.41, 5.74) is 2.71. The fourth-order valence-corrected chi connectivity index (χ4v) is 5.06. The SMILES string of the molecule is CNC(c1cc(Br)c(C)cc1Br)C1C2CCCCC21. The second kappa shape index (κ2) is 5.50. The van der Waals surface area contributed by atoms with Crippen LogP contribution >= 0.6 is 31.9 Å². The Balaban J connectivity index is 1.89. The zero-order valence-electron chi connectivity index (χ0n) is 11.5. The third-order valence-electron chi connectivity index (χ3n) is 5.03. The van der Waals surface area contributed by atoms with Gasteiger partial charge >= 0.3 is 0 Å². The minimum absolute atomic E-state index is 0.499. The molecule has 2 aliphatic carbocycles. The van der Waals surface area contributed by atoms with Gasteiger partial charge in [-0.25, -0.2) is 0 Å². The molecule has 0 aliphatic heterocycles. The van der Waals surface area contributed by atoms with Gasteiger partial charge in [0, 0.05) is 15.0 Å². The largest absolute Gasteiger partial charge is 0.313 e. The first-order valence-corrected chi connectivity index (χ1v) is 8.85. The third-order valence-corrected chi connectivity index (χ3v) is 6.57. The Morgan fingerprint density at radius 3 is 2.32 bits per heavy atom. The van der Waals surface area contributed by atoms with Crippen molar-refractivity contribution in [2.75, 3.05) is 7.05 Å². The fraction of sp³-hybridized carbons (Fsp3) is 0.625. The van der Waals surface area contributed by atoms with Crippen molar-refractivity contribution < 1.29 is 0 Å². The fourth-order valence-electron chi connectivity index (χ4n) is 4.00. The van der Waals surface area contributed by atoms with Crippen LogP contribution in [0, 0.1) is 24.7 Å². The molecule has 2 fully saturated rings.